The average Bonchev–Trinajstić information content (AvgIpc) is 3.15. The highest BCUT2D eigenvalue weighted by molar-refractivity contribution is 6.30. The Hall–Kier alpha value is -4.47. The number of likely N-dealkylation sites (N-methyl/N-ethyl adjacent to an activating group) is 1. The van der Waals surface area contributed by atoms with Gasteiger partial charge < -0.3 is 24.3 Å². The number of rotatable bonds is 10. The lowest BCUT2D eigenvalue weighted by Gasteiger charge is -2.50. The van der Waals surface area contributed by atoms with Crippen LogP contribution in [0.4, 0.5) is 4.39 Å². The predicted octanol–water partition coefficient (Wildman–Crippen LogP) is 5.49. The van der Waals surface area contributed by atoms with E-state index in [1.807, 2.05) is 65.2 Å². The molecule has 0 bridgehead atoms. The average molecular weight is 644 g/mol. The van der Waals surface area contributed by atoms with Crippen LogP contribution in [0.5, 0.6) is 5.75 Å². The van der Waals surface area contributed by atoms with Gasteiger partial charge in [-0.3, -0.25) is 14.4 Å². The maximum absolute atomic E-state index is 14.6. The number of amides is 2. The maximum Gasteiger partial charge on any atom is 0.257 e. The normalized spacial score (nSPS) is 18.9. The van der Waals surface area contributed by atoms with Crippen LogP contribution in [-0.4, -0.2) is 41.5 Å². The van der Waals surface area contributed by atoms with Crippen LogP contribution >= 0.6 is 11.6 Å². The van der Waals surface area contributed by atoms with E-state index in [1.54, 1.807) is 24.2 Å². The summed E-state index contributed by atoms with van der Waals surface area (Å²) in [4.78, 5) is 42.5. The SMILES string of the molecule is CN1C[C@]2(C[C@@H](COCc3ccccc3)C2)n2cc(C(=O)NCc3cccc(Cl)c3F)c(=O)c(OCc3ccccc3)c2CC1=O. The molecule has 0 atom stereocenters. The third-order valence-corrected chi connectivity index (χ3v) is 9.08. The number of halogens is 2. The summed E-state index contributed by atoms with van der Waals surface area (Å²) in [6.45, 7) is 1.36. The topological polar surface area (TPSA) is 89.9 Å². The van der Waals surface area contributed by atoms with Gasteiger partial charge in [0.25, 0.3) is 5.91 Å². The zero-order chi connectivity index (χ0) is 32.3. The van der Waals surface area contributed by atoms with Crippen molar-refractivity contribution in [2.45, 2.75) is 44.6 Å². The van der Waals surface area contributed by atoms with Gasteiger partial charge in [-0.15, -0.1) is 0 Å². The lowest BCUT2D eigenvalue weighted by Crippen LogP contribution is -2.54. The smallest absolute Gasteiger partial charge is 0.257 e. The quantitative estimate of drug-likeness (QED) is 0.247. The molecule has 4 aromatic rings. The molecule has 0 unspecified atom stereocenters. The van der Waals surface area contributed by atoms with Crippen molar-refractivity contribution < 1.29 is 23.5 Å². The Morgan fingerprint density at radius 1 is 0.978 bits per heavy atom. The van der Waals surface area contributed by atoms with Gasteiger partial charge in [0.2, 0.25) is 11.3 Å². The fourth-order valence-corrected chi connectivity index (χ4v) is 6.67. The number of pyridine rings is 1. The Labute approximate surface area is 271 Å². The van der Waals surface area contributed by atoms with Gasteiger partial charge in [0.05, 0.1) is 35.9 Å². The third-order valence-electron chi connectivity index (χ3n) is 8.79. The highest BCUT2D eigenvalue weighted by Crippen LogP contribution is 2.47. The first-order valence-corrected chi connectivity index (χ1v) is 15.6. The Kier molecular flexibility index (Phi) is 9.24. The van der Waals surface area contributed by atoms with Crippen LogP contribution in [0.3, 0.4) is 0 Å². The first-order valence-electron chi connectivity index (χ1n) is 15.3. The zero-order valence-electron chi connectivity index (χ0n) is 25.5. The summed E-state index contributed by atoms with van der Waals surface area (Å²) in [7, 11) is 1.76. The summed E-state index contributed by atoms with van der Waals surface area (Å²) < 4.78 is 28.7. The Bertz CT molecular complexity index is 1790. The highest BCUT2D eigenvalue weighted by Gasteiger charge is 2.50. The minimum Gasteiger partial charge on any atom is -0.483 e. The van der Waals surface area contributed by atoms with E-state index in [4.69, 9.17) is 21.1 Å². The second kappa shape index (κ2) is 13.5. The molecule has 3 aromatic carbocycles. The number of carbonyl (C=O) groups is 2. The van der Waals surface area contributed by atoms with Gasteiger partial charge in [0, 0.05) is 31.9 Å². The van der Waals surface area contributed by atoms with E-state index in [9.17, 15) is 18.8 Å². The number of aromatic nitrogens is 1. The maximum atomic E-state index is 14.6. The van der Waals surface area contributed by atoms with Crippen molar-refractivity contribution in [2.75, 3.05) is 20.2 Å². The number of benzene rings is 3. The van der Waals surface area contributed by atoms with Gasteiger partial charge in [0.15, 0.2) is 5.75 Å². The fraction of sp³-hybridized carbons (Fsp3) is 0.306. The van der Waals surface area contributed by atoms with Crippen molar-refractivity contribution in [1.29, 1.82) is 0 Å². The van der Waals surface area contributed by atoms with Crippen molar-refractivity contribution in [3.63, 3.8) is 0 Å². The van der Waals surface area contributed by atoms with Gasteiger partial charge in [-0.2, -0.15) is 0 Å². The Balaban J connectivity index is 1.32. The summed E-state index contributed by atoms with van der Waals surface area (Å²) >= 11 is 5.93. The molecule has 238 valence electrons. The van der Waals surface area contributed by atoms with E-state index >= 15 is 0 Å². The largest absolute Gasteiger partial charge is 0.483 e. The molecule has 1 saturated carbocycles. The van der Waals surface area contributed by atoms with Crippen LogP contribution < -0.4 is 15.5 Å². The molecule has 2 amide bonds. The van der Waals surface area contributed by atoms with Gasteiger partial charge >= 0.3 is 0 Å². The van der Waals surface area contributed by atoms with Crippen molar-refractivity contribution in [2.24, 2.45) is 5.92 Å². The van der Waals surface area contributed by atoms with Gasteiger partial charge in [-0.25, -0.2) is 4.39 Å². The van der Waals surface area contributed by atoms with Gasteiger partial charge in [0.1, 0.15) is 18.0 Å². The van der Waals surface area contributed by atoms with E-state index in [-0.39, 0.29) is 53.3 Å². The minimum absolute atomic E-state index is 0.0303. The van der Waals surface area contributed by atoms with Crippen molar-refractivity contribution in [3.8, 4) is 5.75 Å². The van der Waals surface area contributed by atoms with Crippen molar-refractivity contribution in [3.05, 3.63) is 134 Å². The summed E-state index contributed by atoms with van der Waals surface area (Å²) in [6.07, 6.45) is 2.86. The third kappa shape index (κ3) is 6.57. The van der Waals surface area contributed by atoms with E-state index in [1.165, 1.54) is 12.1 Å². The molecule has 0 saturated heterocycles. The second-order valence-corrected chi connectivity index (χ2v) is 12.5. The Morgan fingerprint density at radius 2 is 1.65 bits per heavy atom. The first kappa shape index (κ1) is 31.5. The van der Waals surface area contributed by atoms with Gasteiger partial charge in [-0.05, 0) is 36.0 Å². The molecule has 46 heavy (non-hydrogen) atoms. The molecule has 8 nitrogen and oxygen atoms in total. The molecule has 6 rings (SSSR count). The molecule has 1 aromatic heterocycles. The van der Waals surface area contributed by atoms with Crippen LogP contribution in [-0.2, 0) is 41.2 Å². The second-order valence-electron chi connectivity index (χ2n) is 12.1. The van der Waals surface area contributed by atoms with Crippen LogP contribution in [0.1, 0.15) is 45.6 Å². The first-order chi connectivity index (χ1) is 22.2. The number of hydrogen-bond acceptors (Lipinski definition) is 5. The molecule has 1 aliphatic carbocycles. The number of nitrogens with zero attached hydrogens (tertiary/aromatic N) is 2. The lowest BCUT2D eigenvalue weighted by atomic mass is 9.67. The minimum atomic E-state index is -0.676. The number of carbonyl (C=O) groups excluding carboxylic acids is 2. The zero-order valence-corrected chi connectivity index (χ0v) is 26.3. The van der Waals surface area contributed by atoms with Crippen molar-refractivity contribution >= 4 is 23.4 Å². The number of nitrogens with one attached hydrogen (secondary N) is 1. The molecule has 1 aliphatic heterocycles. The highest BCUT2D eigenvalue weighted by atomic mass is 35.5. The predicted molar refractivity (Wildman–Crippen MR) is 172 cm³/mol. The molecule has 10 heteroatoms. The number of ether oxygens (including phenoxy) is 2. The molecule has 1 spiro atoms. The van der Waals surface area contributed by atoms with E-state index in [0.29, 0.717) is 38.3 Å². The lowest BCUT2D eigenvalue weighted by molar-refractivity contribution is -0.131. The van der Waals surface area contributed by atoms with Crippen LogP contribution in [0.25, 0.3) is 0 Å². The summed E-state index contributed by atoms with van der Waals surface area (Å²) in [5.41, 5.74) is 1.22. The number of hydrogen-bond donors (Lipinski definition) is 1. The van der Waals surface area contributed by atoms with Crippen LogP contribution in [0.15, 0.2) is 89.9 Å². The molecular weight excluding hydrogens is 609 g/mol. The van der Waals surface area contributed by atoms with Crippen molar-refractivity contribution in [1.82, 2.24) is 14.8 Å². The van der Waals surface area contributed by atoms with E-state index in [0.717, 1.165) is 11.1 Å². The molecule has 2 aliphatic rings. The Morgan fingerprint density at radius 3 is 2.35 bits per heavy atom. The number of fused-ring (bicyclic) bond motifs is 2. The van der Waals surface area contributed by atoms with Crippen LogP contribution in [0, 0.1) is 11.7 Å². The molecule has 0 radical (unpaired) electrons. The molecule has 2 heterocycles. The fourth-order valence-electron chi connectivity index (χ4n) is 6.47. The van der Waals surface area contributed by atoms with E-state index in [2.05, 4.69) is 5.32 Å². The summed E-state index contributed by atoms with van der Waals surface area (Å²) in [6, 6.07) is 23.9. The molecular formula is C36H35ClFN3O5. The molecule has 1 fully saturated rings. The molecule has 1 N–H and O–H groups in total. The van der Waals surface area contributed by atoms with Crippen LogP contribution in [0.2, 0.25) is 5.02 Å². The summed E-state index contributed by atoms with van der Waals surface area (Å²) in [5, 5.41) is 2.62. The van der Waals surface area contributed by atoms with Gasteiger partial charge in [-0.1, -0.05) is 84.4 Å². The van der Waals surface area contributed by atoms with E-state index < -0.39 is 22.7 Å². The summed E-state index contributed by atoms with van der Waals surface area (Å²) in [5.74, 6) is -1.27. The monoisotopic (exact) mass is 643 g/mol. The standard InChI is InChI=1S/C36H35ClFN3O5/c1-40-23-36(16-26(17-36)21-45-20-24-9-4-2-5-10-24)41-19-28(35(44)39-18-27-13-8-14-29(37)32(27)38)33(43)34(30(41)15-31(40)42)46-22-25-11-6-3-7-12-25/h2-14,19,26H,15-18,20-23H2,1H3,(H,39,44)/t26-,36-.